The zero-order valence-electron chi connectivity index (χ0n) is 11.9. The molecule has 1 aliphatic carbocycles. The van der Waals surface area contributed by atoms with Gasteiger partial charge in [0.1, 0.15) is 0 Å². The number of benzene rings is 2. The van der Waals surface area contributed by atoms with Crippen LogP contribution in [0.15, 0.2) is 53.4 Å². The summed E-state index contributed by atoms with van der Waals surface area (Å²) < 4.78 is 0. The summed E-state index contributed by atoms with van der Waals surface area (Å²) in [6.07, 6.45) is 2.72. The summed E-state index contributed by atoms with van der Waals surface area (Å²) >= 11 is 1.90. The molecular formula is C18H21NS. The molecule has 1 fully saturated rings. The average molecular weight is 283 g/mol. The first kappa shape index (κ1) is 13.6. The first-order valence-corrected chi connectivity index (χ1v) is 8.40. The van der Waals surface area contributed by atoms with Crippen molar-refractivity contribution >= 4 is 17.4 Å². The zero-order valence-corrected chi connectivity index (χ0v) is 12.7. The first-order valence-electron chi connectivity index (χ1n) is 7.42. The number of hydrogen-bond acceptors (Lipinski definition) is 2. The highest BCUT2D eigenvalue weighted by atomic mass is 32.2. The monoisotopic (exact) mass is 283 g/mol. The molecule has 0 aliphatic heterocycles. The van der Waals surface area contributed by atoms with E-state index in [9.17, 15) is 0 Å². The van der Waals surface area contributed by atoms with Crippen molar-refractivity contribution in [1.29, 1.82) is 0 Å². The summed E-state index contributed by atoms with van der Waals surface area (Å²) in [7, 11) is 0. The Balaban J connectivity index is 1.73. The average Bonchev–Trinajstić information content (AvgIpc) is 3.32. The Hall–Kier alpha value is -1.41. The maximum Gasteiger partial charge on any atom is 0.0481 e. The van der Waals surface area contributed by atoms with Crippen LogP contribution in [0, 0.1) is 0 Å². The lowest BCUT2D eigenvalue weighted by atomic mass is 10.0. The molecule has 1 N–H and O–H groups in total. The summed E-state index contributed by atoms with van der Waals surface area (Å²) in [5.74, 6) is 1.92. The minimum absolute atomic E-state index is 0.813. The van der Waals surface area contributed by atoms with Gasteiger partial charge in [0.15, 0.2) is 0 Å². The number of hydrogen-bond donors (Lipinski definition) is 1. The van der Waals surface area contributed by atoms with Crippen LogP contribution in [0.3, 0.4) is 0 Å². The van der Waals surface area contributed by atoms with Crippen LogP contribution in [0.2, 0.25) is 0 Å². The van der Waals surface area contributed by atoms with Gasteiger partial charge < -0.3 is 5.32 Å². The smallest absolute Gasteiger partial charge is 0.0481 e. The van der Waals surface area contributed by atoms with Gasteiger partial charge in [-0.15, -0.1) is 11.8 Å². The molecule has 0 heterocycles. The van der Waals surface area contributed by atoms with Crippen LogP contribution in [0.1, 0.15) is 36.8 Å². The van der Waals surface area contributed by atoms with E-state index in [1.807, 2.05) is 11.8 Å². The Morgan fingerprint density at radius 1 is 1.05 bits per heavy atom. The fourth-order valence-corrected chi connectivity index (χ4v) is 3.35. The first-order chi connectivity index (χ1) is 9.88. The molecule has 0 amide bonds. The van der Waals surface area contributed by atoms with E-state index >= 15 is 0 Å². The maximum absolute atomic E-state index is 3.62. The SMILES string of the molecule is CCSc1ccccc1NCc1ccccc1C1CC1. The van der Waals surface area contributed by atoms with Crippen molar-refractivity contribution < 1.29 is 0 Å². The summed E-state index contributed by atoms with van der Waals surface area (Å²) in [4.78, 5) is 1.35. The highest BCUT2D eigenvalue weighted by Crippen LogP contribution is 2.41. The van der Waals surface area contributed by atoms with Gasteiger partial charge in [-0.3, -0.25) is 0 Å². The van der Waals surface area contributed by atoms with E-state index in [-0.39, 0.29) is 0 Å². The molecule has 0 saturated heterocycles. The lowest BCUT2D eigenvalue weighted by molar-refractivity contribution is 1.03. The van der Waals surface area contributed by atoms with E-state index in [1.54, 1.807) is 5.56 Å². The van der Waals surface area contributed by atoms with Crippen LogP contribution in [-0.2, 0) is 6.54 Å². The van der Waals surface area contributed by atoms with Crippen LogP contribution in [0.25, 0.3) is 0 Å². The van der Waals surface area contributed by atoms with Gasteiger partial charge in [0.2, 0.25) is 0 Å². The minimum atomic E-state index is 0.813. The fraction of sp³-hybridized carbons (Fsp3) is 0.333. The standard InChI is InChI=1S/C18H21NS/c1-2-20-18-10-6-5-9-17(18)19-13-15-7-3-4-8-16(15)14-11-12-14/h3-10,14,19H,2,11-13H2,1H3. The third-order valence-electron chi connectivity index (χ3n) is 3.73. The number of para-hydroxylation sites is 1. The molecule has 0 unspecified atom stereocenters. The van der Waals surface area contributed by atoms with Crippen LogP contribution < -0.4 is 5.32 Å². The summed E-state index contributed by atoms with van der Waals surface area (Å²) in [5.41, 5.74) is 4.25. The Morgan fingerprint density at radius 3 is 2.60 bits per heavy atom. The predicted octanol–water partition coefficient (Wildman–Crippen LogP) is 5.29. The lowest BCUT2D eigenvalue weighted by Gasteiger charge is -2.13. The van der Waals surface area contributed by atoms with E-state index in [4.69, 9.17) is 0 Å². The summed E-state index contributed by atoms with van der Waals surface area (Å²) in [6.45, 7) is 3.12. The second-order valence-electron chi connectivity index (χ2n) is 5.26. The van der Waals surface area contributed by atoms with Crippen LogP contribution in [0.4, 0.5) is 5.69 Å². The van der Waals surface area contributed by atoms with Gasteiger partial charge in [0.25, 0.3) is 0 Å². The second kappa shape index (κ2) is 6.36. The quantitative estimate of drug-likeness (QED) is 0.723. The van der Waals surface area contributed by atoms with Crippen molar-refractivity contribution in [3.8, 4) is 0 Å². The molecule has 1 nitrogen and oxygen atoms in total. The molecule has 0 atom stereocenters. The molecule has 0 bridgehead atoms. The number of rotatable bonds is 6. The third-order valence-corrected chi connectivity index (χ3v) is 4.68. The fourth-order valence-electron chi connectivity index (χ4n) is 2.57. The molecule has 104 valence electrons. The molecule has 1 saturated carbocycles. The van der Waals surface area contributed by atoms with E-state index in [1.165, 1.54) is 29.0 Å². The Kier molecular flexibility index (Phi) is 4.31. The van der Waals surface area contributed by atoms with E-state index < -0.39 is 0 Å². The molecule has 0 aromatic heterocycles. The molecule has 1 aliphatic rings. The zero-order chi connectivity index (χ0) is 13.8. The van der Waals surface area contributed by atoms with Gasteiger partial charge >= 0.3 is 0 Å². The minimum Gasteiger partial charge on any atom is -0.380 e. The number of thioether (sulfide) groups is 1. The predicted molar refractivity (Wildman–Crippen MR) is 88.6 cm³/mol. The van der Waals surface area contributed by atoms with Crippen molar-refractivity contribution in [3.05, 3.63) is 59.7 Å². The van der Waals surface area contributed by atoms with E-state index in [2.05, 4.69) is 60.8 Å². The molecule has 2 aromatic rings. The summed E-state index contributed by atoms with van der Waals surface area (Å²) in [5, 5.41) is 3.62. The molecular weight excluding hydrogens is 262 g/mol. The van der Waals surface area contributed by atoms with Crippen molar-refractivity contribution in [3.63, 3.8) is 0 Å². The van der Waals surface area contributed by atoms with Crippen molar-refractivity contribution in [2.45, 2.75) is 37.1 Å². The van der Waals surface area contributed by atoms with Crippen LogP contribution in [-0.4, -0.2) is 5.75 Å². The summed E-state index contributed by atoms with van der Waals surface area (Å²) in [6, 6.07) is 17.5. The van der Waals surface area contributed by atoms with Crippen molar-refractivity contribution in [2.24, 2.45) is 0 Å². The molecule has 20 heavy (non-hydrogen) atoms. The second-order valence-corrected chi connectivity index (χ2v) is 6.56. The van der Waals surface area contributed by atoms with Crippen molar-refractivity contribution in [2.75, 3.05) is 11.1 Å². The van der Waals surface area contributed by atoms with Gasteiger partial charge in [-0.05, 0) is 47.8 Å². The Bertz CT molecular complexity index is 575. The molecule has 0 spiro atoms. The van der Waals surface area contributed by atoms with Gasteiger partial charge in [-0.2, -0.15) is 0 Å². The van der Waals surface area contributed by atoms with Gasteiger partial charge in [0, 0.05) is 17.1 Å². The van der Waals surface area contributed by atoms with E-state index in [0.29, 0.717) is 0 Å². The van der Waals surface area contributed by atoms with Gasteiger partial charge in [-0.25, -0.2) is 0 Å². The number of anilines is 1. The molecule has 3 rings (SSSR count). The number of nitrogens with one attached hydrogen (secondary N) is 1. The highest BCUT2D eigenvalue weighted by molar-refractivity contribution is 7.99. The topological polar surface area (TPSA) is 12.0 Å². The molecule has 2 heteroatoms. The normalized spacial score (nSPS) is 14.2. The van der Waals surface area contributed by atoms with Crippen LogP contribution in [0.5, 0.6) is 0 Å². The van der Waals surface area contributed by atoms with Crippen LogP contribution >= 0.6 is 11.8 Å². The van der Waals surface area contributed by atoms with Gasteiger partial charge in [0.05, 0.1) is 0 Å². The largest absolute Gasteiger partial charge is 0.380 e. The van der Waals surface area contributed by atoms with Gasteiger partial charge in [-0.1, -0.05) is 43.3 Å². The third kappa shape index (κ3) is 3.18. The lowest BCUT2D eigenvalue weighted by Crippen LogP contribution is -2.03. The highest BCUT2D eigenvalue weighted by Gasteiger charge is 2.25. The maximum atomic E-state index is 3.62. The van der Waals surface area contributed by atoms with E-state index in [0.717, 1.165) is 18.2 Å². The van der Waals surface area contributed by atoms with Crippen molar-refractivity contribution in [1.82, 2.24) is 0 Å². The molecule has 2 aromatic carbocycles. The Morgan fingerprint density at radius 2 is 1.80 bits per heavy atom. The Labute approximate surface area is 125 Å². The molecule has 0 radical (unpaired) electrons.